The molecule has 172 valence electrons. The SMILES string of the molecule is C=C1C(=O)[C@@]23[C@H](O)C[C@@H]4C(C)(C)CC[C@@H](OC(C)=O)[C@@]4(C)[C@H]2[C@@H](OC(C)=O)C[C@@H]1[C@@H]3O. The highest BCUT2D eigenvalue weighted by Crippen LogP contribution is 2.71. The maximum absolute atomic E-state index is 13.6. The highest BCUT2D eigenvalue weighted by Gasteiger charge is 2.78. The predicted molar refractivity (Wildman–Crippen MR) is 111 cm³/mol. The number of aliphatic hydroxyl groups excluding tert-OH is 2. The van der Waals surface area contributed by atoms with Gasteiger partial charge in [0.25, 0.3) is 0 Å². The molecule has 0 aromatic heterocycles. The fraction of sp³-hybridized carbons (Fsp3) is 0.792. The highest BCUT2D eigenvalue weighted by atomic mass is 16.6. The monoisotopic (exact) mass is 434 g/mol. The first-order valence-electron chi connectivity index (χ1n) is 11.2. The van der Waals surface area contributed by atoms with Crippen molar-refractivity contribution < 1.29 is 34.1 Å². The quantitative estimate of drug-likeness (QED) is 0.506. The average molecular weight is 435 g/mol. The van der Waals surface area contributed by atoms with E-state index in [9.17, 15) is 24.6 Å². The Kier molecular flexibility index (Phi) is 4.99. The van der Waals surface area contributed by atoms with Gasteiger partial charge >= 0.3 is 11.9 Å². The van der Waals surface area contributed by atoms with E-state index in [2.05, 4.69) is 20.4 Å². The third kappa shape index (κ3) is 2.75. The summed E-state index contributed by atoms with van der Waals surface area (Å²) in [6, 6.07) is 0. The van der Waals surface area contributed by atoms with Crippen LogP contribution in [0.15, 0.2) is 12.2 Å². The second-order valence-electron chi connectivity index (χ2n) is 11.0. The minimum Gasteiger partial charge on any atom is -0.462 e. The zero-order valence-corrected chi connectivity index (χ0v) is 19.0. The molecule has 1 spiro atoms. The summed E-state index contributed by atoms with van der Waals surface area (Å²) in [6.07, 6.45) is -1.46. The lowest BCUT2D eigenvalue weighted by Crippen LogP contribution is -2.73. The summed E-state index contributed by atoms with van der Waals surface area (Å²) < 4.78 is 11.6. The van der Waals surface area contributed by atoms with Crippen molar-refractivity contribution >= 4 is 17.7 Å². The molecule has 4 aliphatic rings. The van der Waals surface area contributed by atoms with Crippen molar-refractivity contribution in [3.63, 3.8) is 0 Å². The van der Waals surface area contributed by atoms with E-state index in [1.165, 1.54) is 13.8 Å². The molecule has 31 heavy (non-hydrogen) atoms. The van der Waals surface area contributed by atoms with E-state index in [0.29, 0.717) is 12.8 Å². The Hall–Kier alpha value is -1.73. The van der Waals surface area contributed by atoms with E-state index in [4.69, 9.17) is 9.47 Å². The Morgan fingerprint density at radius 1 is 1.06 bits per heavy atom. The van der Waals surface area contributed by atoms with Crippen molar-refractivity contribution in [2.75, 3.05) is 0 Å². The van der Waals surface area contributed by atoms with E-state index in [0.717, 1.165) is 6.42 Å². The molecule has 2 N–H and O–H groups in total. The lowest BCUT2D eigenvalue weighted by molar-refractivity contribution is -0.279. The number of aliphatic hydroxyl groups is 2. The molecule has 2 bridgehead atoms. The predicted octanol–water partition coefficient (Wildman–Crippen LogP) is 2.18. The number of Topliss-reactive ketones (excluding diaryl/α,β-unsaturated/α-hetero) is 1. The minimum absolute atomic E-state index is 0.104. The van der Waals surface area contributed by atoms with Gasteiger partial charge in [-0.25, -0.2) is 0 Å². The number of carbonyl (C=O) groups is 3. The zero-order chi connectivity index (χ0) is 23.1. The molecule has 0 aromatic carbocycles. The van der Waals surface area contributed by atoms with Gasteiger partial charge in [-0.05, 0) is 42.6 Å². The van der Waals surface area contributed by atoms with Gasteiger partial charge in [0.2, 0.25) is 0 Å². The van der Waals surface area contributed by atoms with Crippen molar-refractivity contribution in [1.29, 1.82) is 0 Å². The molecule has 7 nitrogen and oxygen atoms in total. The van der Waals surface area contributed by atoms with Gasteiger partial charge in [-0.1, -0.05) is 27.4 Å². The van der Waals surface area contributed by atoms with Gasteiger partial charge in [-0.3, -0.25) is 14.4 Å². The molecule has 0 radical (unpaired) electrons. The number of esters is 2. The van der Waals surface area contributed by atoms with Crippen LogP contribution in [0.3, 0.4) is 0 Å². The maximum Gasteiger partial charge on any atom is 0.302 e. The minimum atomic E-state index is -1.52. The summed E-state index contributed by atoms with van der Waals surface area (Å²) in [7, 11) is 0. The van der Waals surface area contributed by atoms with E-state index in [1.807, 2.05) is 6.92 Å². The maximum atomic E-state index is 13.6. The van der Waals surface area contributed by atoms with Gasteiger partial charge in [0.05, 0.1) is 17.6 Å². The number of hydrogen-bond donors (Lipinski definition) is 2. The highest BCUT2D eigenvalue weighted by molar-refractivity contribution is 6.04. The fourth-order valence-corrected chi connectivity index (χ4v) is 8.04. The number of carbonyl (C=O) groups excluding carboxylic acids is 3. The van der Waals surface area contributed by atoms with E-state index >= 15 is 0 Å². The van der Waals surface area contributed by atoms with Gasteiger partial charge in [0.1, 0.15) is 12.2 Å². The Bertz CT molecular complexity index is 847. The van der Waals surface area contributed by atoms with Crippen LogP contribution < -0.4 is 0 Å². The molecule has 7 heteroatoms. The molecule has 4 rings (SSSR count). The molecule has 0 heterocycles. The lowest BCUT2D eigenvalue weighted by atomic mass is 9.38. The van der Waals surface area contributed by atoms with Crippen molar-refractivity contribution in [2.45, 2.75) is 84.7 Å². The molecule has 0 amide bonds. The fourth-order valence-electron chi connectivity index (χ4n) is 8.04. The number of ether oxygens (including phenoxy) is 2. The summed E-state index contributed by atoms with van der Waals surface area (Å²) in [5.74, 6) is -2.60. The molecule has 0 saturated heterocycles. The summed E-state index contributed by atoms with van der Waals surface area (Å²) in [6.45, 7) is 12.9. The largest absolute Gasteiger partial charge is 0.462 e. The van der Waals surface area contributed by atoms with Crippen LogP contribution in [0.25, 0.3) is 0 Å². The van der Waals surface area contributed by atoms with Crippen molar-refractivity contribution in [3.8, 4) is 0 Å². The van der Waals surface area contributed by atoms with Crippen LogP contribution in [0.4, 0.5) is 0 Å². The molecule has 0 aromatic rings. The Labute approximate surface area is 183 Å². The first kappa shape index (κ1) is 22.5. The summed E-state index contributed by atoms with van der Waals surface area (Å²) >= 11 is 0. The van der Waals surface area contributed by atoms with Crippen molar-refractivity contribution in [2.24, 2.45) is 34.0 Å². The Balaban J connectivity index is 1.97. The molecule has 4 fully saturated rings. The second kappa shape index (κ2) is 6.88. The molecule has 0 unspecified atom stereocenters. The third-order valence-electron chi connectivity index (χ3n) is 9.12. The van der Waals surface area contributed by atoms with E-state index in [1.54, 1.807) is 0 Å². The average Bonchev–Trinajstić information content (AvgIpc) is 2.76. The molecular weight excluding hydrogens is 400 g/mol. The van der Waals surface area contributed by atoms with Crippen LogP contribution in [0.2, 0.25) is 0 Å². The van der Waals surface area contributed by atoms with Crippen LogP contribution in [0.1, 0.15) is 60.3 Å². The standard InChI is InChI=1S/C24H34O7/c1-11-14-9-15(30-12(2)25)19-23(6)16(10-17(27)24(19,20(11)28)21(14)29)22(4,5)8-7-18(23)31-13(3)26/h14-19,21,27,29H,1,7-10H2,2-6H3/t14-,15-,16+,17+,18+,19+,21-,23-,24+/m0/s1. The smallest absolute Gasteiger partial charge is 0.302 e. The number of hydrogen-bond acceptors (Lipinski definition) is 7. The third-order valence-corrected chi connectivity index (χ3v) is 9.12. The van der Waals surface area contributed by atoms with E-state index < -0.39 is 59.0 Å². The van der Waals surface area contributed by atoms with Crippen LogP contribution in [-0.4, -0.2) is 52.4 Å². The van der Waals surface area contributed by atoms with Gasteiger partial charge in [-0.15, -0.1) is 0 Å². The summed E-state index contributed by atoms with van der Waals surface area (Å²) in [5.41, 5.74) is -2.21. The molecular formula is C24H34O7. The van der Waals surface area contributed by atoms with Crippen LogP contribution in [-0.2, 0) is 23.9 Å². The van der Waals surface area contributed by atoms with Crippen LogP contribution >= 0.6 is 0 Å². The number of fused-ring (bicyclic) bond motifs is 3. The topological polar surface area (TPSA) is 110 Å². The summed E-state index contributed by atoms with van der Waals surface area (Å²) in [5, 5.41) is 22.8. The van der Waals surface area contributed by atoms with Crippen LogP contribution in [0.5, 0.6) is 0 Å². The number of rotatable bonds is 2. The zero-order valence-electron chi connectivity index (χ0n) is 19.0. The summed E-state index contributed by atoms with van der Waals surface area (Å²) in [4.78, 5) is 37.7. The van der Waals surface area contributed by atoms with Crippen LogP contribution in [0, 0.1) is 34.0 Å². The van der Waals surface area contributed by atoms with E-state index in [-0.39, 0.29) is 29.1 Å². The van der Waals surface area contributed by atoms with Crippen molar-refractivity contribution in [1.82, 2.24) is 0 Å². The molecule has 0 aliphatic heterocycles. The lowest BCUT2D eigenvalue weighted by Gasteiger charge is -2.67. The second-order valence-corrected chi connectivity index (χ2v) is 11.0. The Morgan fingerprint density at radius 3 is 2.26 bits per heavy atom. The van der Waals surface area contributed by atoms with Gasteiger partial charge < -0.3 is 19.7 Å². The van der Waals surface area contributed by atoms with Gasteiger partial charge in [0.15, 0.2) is 5.78 Å². The Morgan fingerprint density at radius 2 is 1.68 bits per heavy atom. The molecule has 4 aliphatic carbocycles. The molecule has 9 atom stereocenters. The van der Waals surface area contributed by atoms with Gasteiger partial charge in [0, 0.05) is 31.1 Å². The molecule has 4 saturated carbocycles. The number of ketones is 1. The first-order chi connectivity index (χ1) is 14.3. The normalized spacial score (nSPS) is 47.9. The van der Waals surface area contributed by atoms with Crippen molar-refractivity contribution in [3.05, 3.63) is 12.2 Å². The first-order valence-corrected chi connectivity index (χ1v) is 11.2. The van der Waals surface area contributed by atoms with Gasteiger partial charge in [-0.2, -0.15) is 0 Å².